The average Bonchev–Trinajstić information content (AvgIpc) is 3.03. The second kappa shape index (κ2) is 4.27. The number of amides is 2. The normalized spacial score (nSPS) is 14.0. The van der Waals surface area contributed by atoms with E-state index in [0.29, 0.717) is 28.2 Å². The number of aryl methyl sites for hydroxylation is 1. The molecule has 108 valence electrons. The van der Waals surface area contributed by atoms with Crippen LogP contribution in [-0.2, 0) is 0 Å². The molecule has 3 aromatic rings. The largest absolute Gasteiger partial charge is 0.436 e. The number of aromatic nitrogens is 1. The lowest BCUT2D eigenvalue weighted by molar-refractivity contribution is 0.0693. The monoisotopic (exact) mass is 292 g/mol. The molecule has 2 amide bonds. The van der Waals surface area contributed by atoms with Crippen molar-refractivity contribution in [3.8, 4) is 11.5 Å². The van der Waals surface area contributed by atoms with Gasteiger partial charge in [-0.15, -0.1) is 0 Å². The molecule has 0 saturated heterocycles. The molecular weight excluding hydrogens is 280 g/mol. The SMILES string of the molecule is Cc1ccc2nc(-c3ccc4c(c3)C(=O)N(C)C4=O)oc2c1. The van der Waals surface area contributed by atoms with Gasteiger partial charge in [0.2, 0.25) is 5.89 Å². The molecule has 5 heteroatoms. The van der Waals surface area contributed by atoms with Crippen LogP contribution in [0.3, 0.4) is 0 Å². The highest BCUT2D eigenvalue weighted by Crippen LogP contribution is 2.29. The summed E-state index contributed by atoms with van der Waals surface area (Å²) in [4.78, 5) is 29.5. The van der Waals surface area contributed by atoms with Crippen LogP contribution >= 0.6 is 0 Å². The molecule has 1 aliphatic heterocycles. The molecule has 0 unspecified atom stereocenters. The molecule has 22 heavy (non-hydrogen) atoms. The number of benzene rings is 2. The smallest absolute Gasteiger partial charge is 0.261 e. The van der Waals surface area contributed by atoms with Crippen LogP contribution in [-0.4, -0.2) is 28.7 Å². The van der Waals surface area contributed by atoms with E-state index in [0.717, 1.165) is 16.0 Å². The number of fused-ring (bicyclic) bond motifs is 2. The molecule has 0 bridgehead atoms. The maximum Gasteiger partial charge on any atom is 0.261 e. The van der Waals surface area contributed by atoms with Gasteiger partial charge in [-0.05, 0) is 42.8 Å². The predicted octanol–water partition coefficient (Wildman–Crippen LogP) is 3.03. The number of carbonyl (C=O) groups is 2. The third kappa shape index (κ3) is 1.69. The van der Waals surface area contributed by atoms with Crippen molar-refractivity contribution in [2.24, 2.45) is 0 Å². The van der Waals surface area contributed by atoms with Crippen molar-refractivity contribution in [3.05, 3.63) is 53.1 Å². The van der Waals surface area contributed by atoms with E-state index in [1.54, 1.807) is 18.2 Å². The number of hydrogen-bond acceptors (Lipinski definition) is 4. The average molecular weight is 292 g/mol. The van der Waals surface area contributed by atoms with Gasteiger partial charge in [-0.2, -0.15) is 0 Å². The first-order valence-electron chi connectivity index (χ1n) is 6.88. The van der Waals surface area contributed by atoms with E-state index in [4.69, 9.17) is 4.42 Å². The quantitative estimate of drug-likeness (QED) is 0.647. The van der Waals surface area contributed by atoms with Gasteiger partial charge in [-0.3, -0.25) is 14.5 Å². The number of rotatable bonds is 1. The molecule has 5 nitrogen and oxygen atoms in total. The fourth-order valence-electron chi connectivity index (χ4n) is 2.65. The highest BCUT2D eigenvalue weighted by atomic mass is 16.3. The van der Waals surface area contributed by atoms with Gasteiger partial charge in [-0.1, -0.05) is 6.07 Å². The van der Waals surface area contributed by atoms with Crippen LogP contribution in [0.1, 0.15) is 26.3 Å². The lowest BCUT2D eigenvalue weighted by Crippen LogP contribution is -2.24. The molecule has 0 aliphatic carbocycles. The van der Waals surface area contributed by atoms with E-state index in [2.05, 4.69) is 4.98 Å². The summed E-state index contributed by atoms with van der Waals surface area (Å²) in [6.45, 7) is 1.98. The van der Waals surface area contributed by atoms with Crippen LogP contribution in [0.25, 0.3) is 22.6 Å². The maximum absolute atomic E-state index is 12.1. The Bertz CT molecular complexity index is 956. The van der Waals surface area contributed by atoms with Crippen molar-refractivity contribution in [3.63, 3.8) is 0 Å². The van der Waals surface area contributed by atoms with Gasteiger partial charge in [0.1, 0.15) is 5.52 Å². The molecule has 2 heterocycles. The number of carbonyl (C=O) groups excluding carboxylic acids is 2. The zero-order valence-corrected chi connectivity index (χ0v) is 12.1. The van der Waals surface area contributed by atoms with Crippen molar-refractivity contribution in [2.75, 3.05) is 7.05 Å². The Labute approximate surface area is 126 Å². The Morgan fingerprint density at radius 2 is 1.77 bits per heavy atom. The summed E-state index contributed by atoms with van der Waals surface area (Å²) in [6.07, 6.45) is 0. The summed E-state index contributed by atoms with van der Waals surface area (Å²) in [5, 5.41) is 0. The first-order chi connectivity index (χ1) is 10.5. The molecule has 0 radical (unpaired) electrons. The summed E-state index contributed by atoms with van der Waals surface area (Å²) in [5.41, 5.74) is 4.05. The summed E-state index contributed by atoms with van der Waals surface area (Å²) < 4.78 is 5.76. The van der Waals surface area contributed by atoms with Crippen molar-refractivity contribution >= 4 is 22.9 Å². The molecule has 2 aromatic carbocycles. The van der Waals surface area contributed by atoms with Gasteiger partial charge < -0.3 is 4.42 Å². The number of imide groups is 1. The minimum Gasteiger partial charge on any atom is -0.436 e. The van der Waals surface area contributed by atoms with Gasteiger partial charge in [0.15, 0.2) is 5.58 Å². The standard InChI is InChI=1S/C17H12N2O3/c1-9-3-6-13-14(7-9)22-15(18-13)10-4-5-11-12(8-10)17(21)19(2)16(11)20/h3-8H,1-2H3. The Balaban J connectivity index is 1.86. The second-order valence-electron chi connectivity index (χ2n) is 5.42. The summed E-state index contributed by atoms with van der Waals surface area (Å²) in [6, 6.07) is 10.8. The first-order valence-corrected chi connectivity index (χ1v) is 6.88. The molecule has 0 N–H and O–H groups in total. The van der Waals surface area contributed by atoms with E-state index >= 15 is 0 Å². The van der Waals surface area contributed by atoms with Crippen molar-refractivity contribution in [1.82, 2.24) is 9.88 Å². The minimum atomic E-state index is -0.297. The Morgan fingerprint density at radius 3 is 2.59 bits per heavy atom. The molecule has 0 atom stereocenters. The van der Waals surface area contributed by atoms with Gasteiger partial charge in [0.05, 0.1) is 11.1 Å². The molecule has 1 aromatic heterocycles. The second-order valence-corrected chi connectivity index (χ2v) is 5.42. The molecule has 0 saturated carbocycles. The van der Waals surface area contributed by atoms with Crippen LogP contribution in [0.5, 0.6) is 0 Å². The Hall–Kier alpha value is -2.95. The van der Waals surface area contributed by atoms with Gasteiger partial charge >= 0.3 is 0 Å². The third-order valence-corrected chi connectivity index (χ3v) is 3.88. The first kappa shape index (κ1) is 12.8. The van der Waals surface area contributed by atoms with Crippen molar-refractivity contribution in [1.29, 1.82) is 0 Å². The topological polar surface area (TPSA) is 63.4 Å². The summed E-state index contributed by atoms with van der Waals surface area (Å²) in [7, 11) is 1.48. The molecular formula is C17H12N2O3. The molecule has 0 fully saturated rings. The number of hydrogen-bond donors (Lipinski definition) is 0. The Kier molecular flexibility index (Phi) is 2.48. The highest BCUT2D eigenvalue weighted by Gasteiger charge is 2.33. The van der Waals surface area contributed by atoms with Gasteiger partial charge in [0, 0.05) is 12.6 Å². The zero-order valence-electron chi connectivity index (χ0n) is 12.1. The summed E-state index contributed by atoms with van der Waals surface area (Å²) in [5.74, 6) is -0.133. The molecule has 0 spiro atoms. The van der Waals surface area contributed by atoms with E-state index in [1.807, 2.05) is 25.1 Å². The summed E-state index contributed by atoms with van der Waals surface area (Å²) >= 11 is 0. The van der Waals surface area contributed by atoms with Crippen molar-refractivity contribution in [2.45, 2.75) is 6.92 Å². The van der Waals surface area contributed by atoms with Crippen LogP contribution in [0, 0.1) is 6.92 Å². The number of oxazole rings is 1. The fraction of sp³-hybridized carbons (Fsp3) is 0.118. The zero-order chi connectivity index (χ0) is 15.4. The van der Waals surface area contributed by atoms with Gasteiger partial charge in [-0.25, -0.2) is 4.98 Å². The Morgan fingerprint density at radius 1 is 1.00 bits per heavy atom. The van der Waals surface area contributed by atoms with Crippen molar-refractivity contribution < 1.29 is 14.0 Å². The van der Waals surface area contributed by atoms with E-state index in [9.17, 15) is 9.59 Å². The lowest BCUT2D eigenvalue weighted by atomic mass is 10.1. The van der Waals surface area contributed by atoms with Crippen LogP contribution in [0.4, 0.5) is 0 Å². The van der Waals surface area contributed by atoms with E-state index < -0.39 is 0 Å². The fourth-order valence-corrected chi connectivity index (χ4v) is 2.65. The molecule has 1 aliphatic rings. The van der Waals surface area contributed by atoms with E-state index in [1.165, 1.54) is 7.05 Å². The van der Waals surface area contributed by atoms with Crippen LogP contribution in [0.2, 0.25) is 0 Å². The van der Waals surface area contributed by atoms with Crippen LogP contribution < -0.4 is 0 Å². The predicted molar refractivity (Wildman–Crippen MR) is 80.6 cm³/mol. The third-order valence-electron chi connectivity index (χ3n) is 3.88. The maximum atomic E-state index is 12.1. The number of nitrogens with zero attached hydrogens (tertiary/aromatic N) is 2. The minimum absolute atomic E-state index is 0.278. The van der Waals surface area contributed by atoms with Gasteiger partial charge in [0.25, 0.3) is 11.8 Å². The lowest BCUT2D eigenvalue weighted by Gasteiger charge is -2.02. The molecule has 4 rings (SSSR count). The highest BCUT2D eigenvalue weighted by molar-refractivity contribution is 6.21. The van der Waals surface area contributed by atoms with E-state index in [-0.39, 0.29) is 11.8 Å². The van der Waals surface area contributed by atoms with Crippen LogP contribution in [0.15, 0.2) is 40.8 Å².